The van der Waals surface area contributed by atoms with E-state index in [4.69, 9.17) is 4.74 Å². The molecule has 4 rings (SSSR count). The summed E-state index contributed by atoms with van der Waals surface area (Å²) in [5, 5.41) is 0. The van der Waals surface area contributed by atoms with Crippen LogP contribution in [0.25, 0.3) is 0 Å². The minimum absolute atomic E-state index is 0. The van der Waals surface area contributed by atoms with E-state index >= 15 is 0 Å². The quantitative estimate of drug-likeness (QED) is 0.243. The van der Waals surface area contributed by atoms with Crippen LogP contribution in [0.3, 0.4) is 0 Å². The Balaban J connectivity index is 0.000000500. The molecule has 0 aliphatic carbocycles. The van der Waals surface area contributed by atoms with Crippen LogP contribution in [0.4, 0.5) is 0 Å². The Labute approximate surface area is 191 Å². The van der Waals surface area contributed by atoms with Crippen molar-refractivity contribution < 1.29 is 38.9 Å². The predicted octanol–water partition coefficient (Wildman–Crippen LogP) is 6.83. The Hall–Kier alpha value is -1.60. The van der Waals surface area contributed by atoms with Crippen LogP contribution >= 0.6 is 0 Å². The zero-order valence-corrected chi connectivity index (χ0v) is 18.8. The molecule has 0 aliphatic heterocycles. The summed E-state index contributed by atoms with van der Waals surface area (Å²) in [6.45, 7) is 6.27. The van der Waals surface area contributed by atoms with Gasteiger partial charge in [0.25, 0.3) is 0 Å². The molecule has 0 bridgehead atoms. The van der Waals surface area contributed by atoms with Gasteiger partial charge >= 0.3 is 34.1 Å². The van der Waals surface area contributed by atoms with Crippen molar-refractivity contribution in [3.63, 3.8) is 0 Å². The van der Waals surface area contributed by atoms with Gasteiger partial charge in [-0.1, -0.05) is 0 Å². The Morgan fingerprint density at radius 2 is 1.04 bits per heavy atom. The maximum absolute atomic E-state index is 6.13. The number of hydrogen-bond acceptors (Lipinski definition) is 1. The van der Waals surface area contributed by atoms with Gasteiger partial charge < -0.3 is 4.74 Å². The number of hydrogen-bond donors (Lipinski definition) is 0. The van der Waals surface area contributed by atoms with Gasteiger partial charge in [0.2, 0.25) is 0 Å². The third-order valence-corrected chi connectivity index (χ3v) is 3.56. The first-order chi connectivity index (χ1) is 12.6. The molecule has 4 aromatic rings. The first-order valence-electron chi connectivity index (χ1n) is 9.01. The maximum atomic E-state index is 6.13. The zero-order valence-electron chi connectivity index (χ0n) is 16.6. The van der Waals surface area contributed by atoms with Gasteiger partial charge in [0.1, 0.15) is 0 Å². The van der Waals surface area contributed by atoms with Gasteiger partial charge in [-0.05, 0) is 20.8 Å². The molecule has 0 radical (unpaired) electrons. The summed E-state index contributed by atoms with van der Waals surface area (Å²) in [7, 11) is 0. The van der Waals surface area contributed by atoms with E-state index in [0.29, 0.717) is 0 Å². The van der Waals surface area contributed by atoms with E-state index in [1.807, 2.05) is 60.7 Å². The molecule has 28 heavy (non-hydrogen) atoms. The Kier molecular flexibility index (Phi) is 13.6. The van der Waals surface area contributed by atoms with E-state index in [9.17, 15) is 0 Å². The standard InChI is InChI=1S/C15H18O.2C5H5.2Fe/c1-15(2,3)16-14(12-8-4-5-9-12)13-10-6-7-11-13;2*1-2-4-5-3-1;;/h4-11,14H,1-3H3;2*1-5H;;/q-2;2*-1;2*+2. The summed E-state index contributed by atoms with van der Waals surface area (Å²) < 4.78 is 6.13. The molecular weight excluding hydrogens is 428 g/mol. The minimum atomic E-state index is -0.140. The van der Waals surface area contributed by atoms with Gasteiger partial charge in [-0.15, -0.1) is 11.1 Å². The van der Waals surface area contributed by atoms with Crippen molar-refractivity contribution in [2.45, 2.75) is 32.5 Å². The summed E-state index contributed by atoms with van der Waals surface area (Å²) in [5.41, 5.74) is 2.31. The fraction of sp³-hybridized carbons (Fsp3) is 0.200. The van der Waals surface area contributed by atoms with Gasteiger partial charge in [0, 0.05) is 0 Å². The number of ether oxygens (including phenoxy) is 1. The Morgan fingerprint density at radius 3 is 1.25 bits per heavy atom. The average Bonchev–Trinajstić information content (AvgIpc) is 3.45. The molecule has 0 amide bonds. The summed E-state index contributed by atoms with van der Waals surface area (Å²) >= 11 is 0. The molecule has 0 aliphatic rings. The van der Waals surface area contributed by atoms with E-state index in [0.717, 1.165) is 0 Å². The van der Waals surface area contributed by atoms with Gasteiger partial charge in [0.05, 0.1) is 11.7 Å². The van der Waals surface area contributed by atoms with Crippen LogP contribution in [-0.2, 0) is 38.9 Å². The molecule has 4 aromatic carbocycles. The fourth-order valence-electron chi connectivity index (χ4n) is 2.45. The molecule has 0 N–H and O–H groups in total. The van der Waals surface area contributed by atoms with E-state index in [-0.39, 0.29) is 45.8 Å². The Morgan fingerprint density at radius 1 is 0.643 bits per heavy atom. The topological polar surface area (TPSA) is 9.23 Å². The van der Waals surface area contributed by atoms with Crippen LogP contribution in [0, 0.1) is 0 Å². The second-order valence-corrected chi connectivity index (χ2v) is 6.97. The average molecular weight is 456 g/mol. The molecule has 0 aromatic heterocycles. The fourth-order valence-corrected chi connectivity index (χ4v) is 2.45. The van der Waals surface area contributed by atoms with Crippen LogP contribution in [0.1, 0.15) is 38.0 Å². The third kappa shape index (κ3) is 10.7. The van der Waals surface area contributed by atoms with Crippen LogP contribution < -0.4 is 0 Å². The summed E-state index contributed by atoms with van der Waals surface area (Å²) in [6.07, 6.45) is 0.0463. The van der Waals surface area contributed by atoms with E-state index in [2.05, 4.69) is 69.3 Å². The van der Waals surface area contributed by atoms with Crippen molar-refractivity contribution in [3.8, 4) is 0 Å². The van der Waals surface area contributed by atoms with E-state index in [1.54, 1.807) is 0 Å². The number of rotatable bonds is 3. The molecule has 1 nitrogen and oxygen atoms in total. The first kappa shape index (κ1) is 26.4. The van der Waals surface area contributed by atoms with Crippen LogP contribution in [0.5, 0.6) is 0 Å². The Bertz CT molecular complexity index is 648. The van der Waals surface area contributed by atoms with Gasteiger partial charge in [0.15, 0.2) is 0 Å². The molecule has 0 saturated carbocycles. The predicted molar refractivity (Wildman–Crippen MR) is 111 cm³/mol. The van der Waals surface area contributed by atoms with Crippen molar-refractivity contribution in [2.24, 2.45) is 0 Å². The SMILES string of the molecule is CC(C)(C)OC(c1ccc[cH-]1)c1ccc[cH-]1.[Fe+2].[Fe+2].c1cc[cH-]c1.c1cc[cH-]c1. The molecule has 150 valence electrons. The summed E-state index contributed by atoms with van der Waals surface area (Å²) in [5.74, 6) is 0. The second kappa shape index (κ2) is 14.4. The molecule has 0 unspecified atom stereocenters. The molecule has 0 saturated heterocycles. The zero-order chi connectivity index (χ0) is 18.7. The molecule has 0 atom stereocenters. The molecular formula is C25H28Fe2O. The van der Waals surface area contributed by atoms with Crippen molar-refractivity contribution in [1.29, 1.82) is 0 Å². The summed E-state index contributed by atoms with van der Waals surface area (Å²) in [4.78, 5) is 0. The van der Waals surface area contributed by atoms with E-state index < -0.39 is 0 Å². The maximum Gasteiger partial charge on any atom is 2.00 e. The van der Waals surface area contributed by atoms with Gasteiger partial charge in [-0.3, -0.25) is 0 Å². The monoisotopic (exact) mass is 456 g/mol. The third-order valence-electron chi connectivity index (χ3n) is 3.56. The van der Waals surface area contributed by atoms with Crippen LogP contribution in [-0.4, -0.2) is 5.60 Å². The molecule has 0 heterocycles. The minimum Gasteiger partial charge on any atom is -0.368 e. The van der Waals surface area contributed by atoms with Crippen LogP contribution in [0.15, 0.2) is 109 Å². The summed E-state index contributed by atoms with van der Waals surface area (Å²) in [6, 6.07) is 36.7. The smallest absolute Gasteiger partial charge is 0.368 e. The van der Waals surface area contributed by atoms with Crippen molar-refractivity contribution in [2.75, 3.05) is 0 Å². The van der Waals surface area contributed by atoms with Crippen molar-refractivity contribution in [1.82, 2.24) is 0 Å². The van der Waals surface area contributed by atoms with Crippen molar-refractivity contribution in [3.05, 3.63) is 120 Å². The van der Waals surface area contributed by atoms with Gasteiger partial charge in [-0.2, -0.15) is 60.7 Å². The molecule has 0 fully saturated rings. The van der Waals surface area contributed by atoms with E-state index in [1.165, 1.54) is 11.1 Å². The first-order valence-corrected chi connectivity index (χ1v) is 9.01. The molecule has 0 spiro atoms. The van der Waals surface area contributed by atoms with Crippen LogP contribution in [0.2, 0.25) is 0 Å². The van der Waals surface area contributed by atoms with Crippen molar-refractivity contribution >= 4 is 0 Å². The normalized spacial score (nSPS) is 9.86. The largest absolute Gasteiger partial charge is 2.00 e. The molecule has 3 heteroatoms. The second-order valence-electron chi connectivity index (χ2n) is 6.97. The van der Waals surface area contributed by atoms with Gasteiger partial charge in [-0.25, -0.2) is 48.5 Å².